The van der Waals surface area contributed by atoms with Gasteiger partial charge in [-0.3, -0.25) is 4.90 Å². The second-order valence-electron chi connectivity index (χ2n) is 5.96. The summed E-state index contributed by atoms with van der Waals surface area (Å²) in [5.41, 5.74) is 1.47. The van der Waals surface area contributed by atoms with Crippen LogP contribution in [0.2, 0.25) is 0 Å². The molecule has 0 amide bonds. The first-order chi connectivity index (χ1) is 9.92. The van der Waals surface area contributed by atoms with E-state index in [1.807, 2.05) is 0 Å². The lowest BCUT2D eigenvalue weighted by molar-refractivity contribution is 0.117. The molecule has 2 fully saturated rings. The minimum atomic E-state index is 0.865. The maximum absolute atomic E-state index is 2.74. The predicted octanol–water partition coefficient (Wildman–Crippen LogP) is 2.74. The number of likely N-dealkylation sites (tertiary alicyclic amines) is 1. The van der Waals surface area contributed by atoms with Crippen LogP contribution in [0.25, 0.3) is 0 Å². The average molecular weight is 290 g/mol. The first-order valence-corrected chi connectivity index (χ1v) is 9.15. The van der Waals surface area contributed by atoms with Crippen LogP contribution in [-0.2, 0) is 6.42 Å². The van der Waals surface area contributed by atoms with E-state index in [4.69, 9.17) is 0 Å². The number of benzene rings is 1. The Morgan fingerprint density at radius 1 is 0.950 bits per heavy atom. The molecular weight excluding hydrogens is 264 g/mol. The molecule has 1 aromatic carbocycles. The third kappa shape index (κ3) is 4.00. The van der Waals surface area contributed by atoms with Crippen molar-refractivity contribution in [2.45, 2.75) is 25.3 Å². The van der Waals surface area contributed by atoms with Gasteiger partial charge in [0.25, 0.3) is 0 Å². The first kappa shape index (κ1) is 14.4. The second kappa shape index (κ2) is 7.48. The number of piperidine rings is 1. The van der Waals surface area contributed by atoms with E-state index in [0.717, 1.165) is 6.04 Å². The lowest BCUT2D eigenvalue weighted by atomic mass is 10.0. The summed E-state index contributed by atoms with van der Waals surface area (Å²) in [5.74, 6) is 2.68. The van der Waals surface area contributed by atoms with Gasteiger partial charge in [0.2, 0.25) is 0 Å². The van der Waals surface area contributed by atoms with Gasteiger partial charge in [-0.25, -0.2) is 0 Å². The van der Waals surface area contributed by atoms with Crippen LogP contribution in [0.5, 0.6) is 0 Å². The van der Waals surface area contributed by atoms with Gasteiger partial charge in [0, 0.05) is 37.2 Å². The smallest absolute Gasteiger partial charge is 0.0120 e. The Kier molecular flexibility index (Phi) is 5.40. The van der Waals surface area contributed by atoms with Crippen LogP contribution >= 0.6 is 11.8 Å². The molecule has 0 aliphatic carbocycles. The predicted molar refractivity (Wildman–Crippen MR) is 88.5 cm³/mol. The van der Waals surface area contributed by atoms with Gasteiger partial charge in [-0.1, -0.05) is 30.3 Å². The van der Waals surface area contributed by atoms with E-state index in [9.17, 15) is 0 Å². The Morgan fingerprint density at radius 3 is 2.35 bits per heavy atom. The molecule has 20 heavy (non-hydrogen) atoms. The Hall–Kier alpha value is -0.510. The van der Waals surface area contributed by atoms with Crippen molar-refractivity contribution in [3.05, 3.63) is 35.9 Å². The molecule has 1 aromatic rings. The summed E-state index contributed by atoms with van der Waals surface area (Å²) in [6.07, 6.45) is 3.95. The van der Waals surface area contributed by atoms with Crippen LogP contribution in [0.1, 0.15) is 18.4 Å². The SMILES string of the molecule is c1ccc(CCN2CCC(N3CCSCC3)CC2)cc1. The van der Waals surface area contributed by atoms with Crippen molar-refractivity contribution in [1.29, 1.82) is 0 Å². The fraction of sp³-hybridized carbons (Fsp3) is 0.647. The van der Waals surface area contributed by atoms with E-state index in [0.29, 0.717) is 0 Å². The van der Waals surface area contributed by atoms with E-state index in [-0.39, 0.29) is 0 Å². The zero-order valence-corrected chi connectivity index (χ0v) is 13.2. The van der Waals surface area contributed by atoms with Gasteiger partial charge < -0.3 is 4.90 Å². The van der Waals surface area contributed by atoms with Crippen LogP contribution < -0.4 is 0 Å². The van der Waals surface area contributed by atoms with Crippen LogP contribution in [0.15, 0.2) is 30.3 Å². The highest BCUT2D eigenvalue weighted by atomic mass is 32.2. The molecule has 0 unspecified atom stereocenters. The molecule has 110 valence electrons. The van der Waals surface area contributed by atoms with Crippen molar-refractivity contribution in [2.75, 3.05) is 44.2 Å². The molecule has 0 radical (unpaired) electrons. The van der Waals surface area contributed by atoms with Gasteiger partial charge >= 0.3 is 0 Å². The third-order valence-corrected chi connectivity index (χ3v) is 5.62. The molecule has 0 bridgehead atoms. The normalized spacial score (nSPS) is 23.0. The number of hydrogen-bond acceptors (Lipinski definition) is 3. The summed E-state index contributed by atoms with van der Waals surface area (Å²) < 4.78 is 0. The fourth-order valence-corrected chi connectivity index (χ4v) is 4.31. The highest BCUT2D eigenvalue weighted by molar-refractivity contribution is 7.99. The Labute approximate surface area is 127 Å². The van der Waals surface area contributed by atoms with Crippen LogP contribution in [-0.4, -0.2) is 60.1 Å². The van der Waals surface area contributed by atoms with Crippen molar-refractivity contribution in [3.8, 4) is 0 Å². The fourth-order valence-electron chi connectivity index (χ4n) is 3.38. The zero-order chi connectivity index (χ0) is 13.6. The van der Waals surface area contributed by atoms with Crippen LogP contribution in [0, 0.1) is 0 Å². The summed E-state index contributed by atoms with van der Waals surface area (Å²) in [6, 6.07) is 11.8. The molecule has 0 N–H and O–H groups in total. The second-order valence-corrected chi connectivity index (χ2v) is 7.18. The maximum atomic E-state index is 2.74. The van der Waals surface area contributed by atoms with Crippen molar-refractivity contribution >= 4 is 11.8 Å². The molecule has 3 rings (SSSR count). The monoisotopic (exact) mass is 290 g/mol. The number of rotatable bonds is 4. The van der Waals surface area contributed by atoms with E-state index in [1.165, 1.54) is 69.1 Å². The molecule has 2 nitrogen and oxygen atoms in total. The van der Waals surface area contributed by atoms with Gasteiger partial charge in [0.1, 0.15) is 0 Å². The Balaban J connectivity index is 1.40. The molecule has 3 heteroatoms. The molecule has 2 aliphatic heterocycles. The van der Waals surface area contributed by atoms with Gasteiger partial charge in [0.05, 0.1) is 0 Å². The summed E-state index contributed by atoms with van der Waals surface area (Å²) >= 11 is 2.12. The van der Waals surface area contributed by atoms with E-state index in [2.05, 4.69) is 51.9 Å². The van der Waals surface area contributed by atoms with Crippen LogP contribution in [0.3, 0.4) is 0 Å². The van der Waals surface area contributed by atoms with Crippen molar-refractivity contribution in [3.63, 3.8) is 0 Å². The maximum Gasteiger partial charge on any atom is 0.0120 e. The van der Waals surface area contributed by atoms with Gasteiger partial charge in [-0.15, -0.1) is 0 Å². The lowest BCUT2D eigenvalue weighted by Gasteiger charge is -2.40. The molecule has 2 saturated heterocycles. The summed E-state index contributed by atoms with van der Waals surface area (Å²) in [7, 11) is 0. The van der Waals surface area contributed by atoms with Crippen molar-refractivity contribution in [2.24, 2.45) is 0 Å². The Morgan fingerprint density at radius 2 is 1.65 bits per heavy atom. The number of nitrogens with zero attached hydrogens (tertiary/aromatic N) is 2. The summed E-state index contributed by atoms with van der Waals surface area (Å²) in [4.78, 5) is 5.40. The Bertz CT molecular complexity index is 381. The van der Waals surface area contributed by atoms with E-state index >= 15 is 0 Å². The zero-order valence-electron chi connectivity index (χ0n) is 12.3. The molecule has 2 heterocycles. The number of thioether (sulfide) groups is 1. The van der Waals surface area contributed by atoms with Crippen LogP contribution in [0.4, 0.5) is 0 Å². The molecule has 0 atom stereocenters. The lowest BCUT2D eigenvalue weighted by Crippen LogP contribution is -2.48. The van der Waals surface area contributed by atoms with E-state index < -0.39 is 0 Å². The molecule has 2 aliphatic rings. The minimum Gasteiger partial charge on any atom is -0.303 e. The van der Waals surface area contributed by atoms with Gasteiger partial charge in [-0.05, 0) is 37.9 Å². The van der Waals surface area contributed by atoms with Crippen molar-refractivity contribution in [1.82, 2.24) is 9.80 Å². The first-order valence-electron chi connectivity index (χ1n) is 8.00. The topological polar surface area (TPSA) is 6.48 Å². The van der Waals surface area contributed by atoms with Crippen molar-refractivity contribution < 1.29 is 0 Å². The van der Waals surface area contributed by atoms with Gasteiger partial charge in [0.15, 0.2) is 0 Å². The largest absolute Gasteiger partial charge is 0.303 e. The molecule has 0 aromatic heterocycles. The third-order valence-electron chi connectivity index (χ3n) is 4.68. The molecule has 0 spiro atoms. The van der Waals surface area contributed by atoms with E-state index in [1.54, 1.807) is 0 Å². The van der Waals surface area contributed by atoms with Gasteiger partial charge in [-0.2, -0.15) is 11.8 Å². The summed E-state index contributed by atoms with van der Waals surface area (Å²) in [5, 5.41) is 0. The highest BCUT2D eigenvalue weighted by Crippen LogP contribution is 2.20. The molecule has 0 saturated carbocycles. The average Bonchev–Trinajstić information content (AvgIpc) is 2.55. The quantitative estimate of drug-likeness (QED) is 0.842. The minimum absolute atomic E-state index is 0.865. The summed E-state index contributed by atoms with van der Waals surface area (Å²) in [6.45, 7) is 6.45. The number of hydrogen-bond donors (Lipinski definition) is 0. The highest BCUT2D eigenvalue weighted by Gasteiger charge is 2.25. The standard InChI is InChI=1S/C17H26N2S/c1-2-4-16(5-3-1)6-9-18-10-7-17(8-11-18)19-12-14-20-15-13-19/h1-5,17H,6-15H2. The molecular formula is C17H26N2S.